The highest BCUT2D eigenvalue weighted by molar-refractivity contribution is 5.82. The van der Waals surface area contributed by atoms with Gasteiger partial charge in [0.25, 0.3) is 0 Å². The third kappa shape index (κ3) is 1.95. The molecule has 2 rings (SSSR count). The molecule has 0 aromatic heterocycles. The van der Waals surface area contributed by atoms with E-state index in [0.29, 0.717) is 19.3 Å². The van der Waals surface area contributed by atoms with Gasteiger partial charge in [0.2, 0.25) is 0 Å². The van der Waals surface area contributed by atoms with Crippen molar-refractivity contribution < 1.29 is 15.0 Å². The van der Waals surface area contributed by atoms with Crippen molar-refractivity contribution in [2.75, 3.05) is 0 Å². The molecule has 1 aromatic carbocycles. The van der Waals surface area contributed by atoms with Crippen LogP contribution in [0.5, 0.6) is 0 Å². The van der Waals surface area contributed by atoms with E-state index in [1.165, 1.54) is 0 Å². The van der Waals surface area contributed by atoms with E-state index in [0.717, 1.165) is 11.1 Å². The van der Waals surface area contributed by atoms with Crippen molar-refractivity contribution in [1.82, 2.24) is 0 Å². The van der Waals surface area contributed by atoms with Crippen molar-refractivity contribution in [1.29, 1.82) is 0 Å². The monoisotopic (exact) mass is 234 g/mol. The van der Waals surface area contributed by atoms with Crippen molar-refractivity contribution in [3.05, 3.63) is 35.4 Å². The molecule has 0 aliphatic heterocycles. The third-order valence-electron chi connectivity index (χ3n) is 3.84. The molecule has 0 heterocycles. The number of aliphatic hydroxyl groups is 1. The Labute approximate surface area is 101 Å². The summed E-state index contributed by atoms with van der Waals surface area (Å²) in [5.74, 6) is -0.829. The third-order valence-corrected chi connectivity index (χ3v) is 3.84. The van der Waals surface area contributed by atoms with Crippen LogP contribution in [0.3, 0.4) is 0 Å². The van der Waals surface area contributed by atoms with Crippen molar-refractivity contribution in [2.24, 2.45) is 0 Å². The Hall–Kier alpha value is -1.35. The molecule has 1 saturated carbocycles. The second-order valence-corrected chi connectivity index (χ2v) is 5.38. The van der Waals surface area contributed by atoms with E-state index in [2.05, 4.69) is 0 Å². The van der Waals surface area contributed by atoms with Gasteiger partial charge in [-0.2, -0.15) is 0 Å². The molecule has 0 spiro atoms. The van der Waals surface area contributed by atoms with Crippen molar-refractivity contribution in [3.8, 4) is 0 Å². The van der Waals surface area contributed by atoms with E-state index in [1.54, 1.807) is 6.92 Å². The van der Waals surface area contributed by atoms with Crippen LogP contribution in [0, 0.1) is 6.92 Å². The Balaban J connectivity index is 2.51. The van der Waals surface area contributed by atoms with Crippen LogP contribution in [0.15, 0.2) is 24.3 Å². The fourth-order valence-corrected chi connectivity index (χ4v) is 2.95. The number of carboxylic acid groups (broad SMARTS) is 1. The average molecular weight is 234 g/mol. The Morgan fingerprint density at radius 1 is 1.29 bits per heavy atom. The van der Waals surface area contributed by atoms with Gasteiger partial charge in [0.15, 0.2) is 0 Å². The first-order valence-corrected chi connectivity index (χ1v) is 5.89. The minimum absolute atomic E-state index is 0.292. The highest BCUT2D eigenvalue weighted by Gasteiger charge is 2.51. The predicted octanol–water partition coefficient (Wildman–Crippen LogP) is 2.25. The molecule has 2 N–H and O–H groups in total. The summed E-state index contributed by atoms with van der Waals surface area (Å²) in [6.07, 6.45) is 1.33. The van der Waals surface area contributed by atoms with Crippen LogP contribution in [-0.4, -0.2) is 21.8 Å². The lowest BCUT2D eigenvalue weighted by Gasteiger charge is -2.28. The Morgan fingerprint density at radius 2 is 1.94 bits per heavy atom. The van der Waals surface area contributed by atoms with E-state index in [9.17, 15) is 15.0 Å². The van der Waals surface area contributed by atoms with Crippen LogP contribution in [0.1, 0.15) is 37.3 Å². The van der Waals surface area contributed by atoms with Crippen molar-refractivity contribution >= 4 is 5.97 Å². The van der Waals surface area contributed by atoms with Gasteiger partial charge in [0, 0.05) is 0 Å². The lowest BCUT2D eigenvalue weighted by molar-refractivity contribution is -0.144. The lowest BCUT2D eigenvalue weighted by atomic mass is 9.76. The second-order valence-electron chi connectivity index (χ2n) is 5.38. The molecule has 0 radical (unpaired) electrons. The molecule has 0 saturated heterocycles. The van der Waals surface area contributed by atoms with Gasteiger partial charge in [-0.3, -0.25) is 4.79 Å². The summed E-state index contributed by atoms with van der Waals surface area (Å²) in [5, 5.41) is 19.6. The zero-order chi connectivity index (χ0) is 12.7. The summed E-state index contributed by atoms with van der Waals surface area (Å²) >= 11 is 0. The molecule has 3 heteroatoms. The van der Waals surface area contributed by atoms with E-state index >= 15 is 0 Å². The van der Waals surface area contributed by atoms with Crippen LogP contribution < -0.4 is 0 Å². The molecule has 17 heavy (non-hydrogen) atoms. The number of hydrogen-bond donors (Lipinski definition) is 2. The Kier molecular flexibility index (Phi) is 2.74. The smallest absolute Gasteiger partial charge is 0.314 e. The fraction of sp³-hybridized carbons (Fsp3) is 0.500. The number of rotatable bonds is 2. The van der Waals surface area contributed by atoms with Gasteiger partial charge in [-0.15, -0.1) is 0 Å². The van der Waals surface area contributed by atoms with Gasteiger partial charge < -0.3 is 10.2 Å². The average Bonchev–Trinajstić information content (AvgIpc) is 2.56. The lowest BCUT2D eigenvalue weighted by Crippen LogP contribution is -2.36. The van der Waals surface area contributed by atoms with Gasteiger partial charge in [0.1, 0.15) is 0 Å². The van der Waals surface area contributed by atoms with Gasteiger partial charge in [-0.05, 0) is 44.2 Å². The topological polar surface area (TPSA) is 57.5 Å². The zero-order valence-corrected chi connectivity index (χ0v) is 10.2. The van der Waals surface area contributed by atoms with Crippen LogP contribution in [0.4, 0.5) is 0 Å². The normalized spacial score (nSPS) is 32.6. The quantitative estimate of drug-likeness (QED) is 0.825. The van der Waals surface area contributed by atoms with E-state index < -0.39 is 17.0 Å². The molecular weight excluding hydrogens is 216 g/mol. The highest BCUT2D eigenvalue weighted by Crippen LogP contribution is 2.47. The van der Waals surface area contributed by atoms with Gasteiger partial charge in [0.05, 0.1) is 11.0 Å². The fourth-order valence-electron chi connectivity index (χ4n) is 2.95. The molecule has 2 atom stereocenters. The number of aryl methyl sites for hydroxylation is 1. The molecule has 0 amide bonds. The van der Waals surface area contributed by atoms with Crippen LogP contribution >= 0.6 is 0 Å². The van der Waals surface area contributed by atoms with Crippen molar-refractivity contribution in [3.63, 3.8) is 0 Å². The Morgan fingerprint density at radius 3 is 2.41 bits per heavy atom. The molecule has 1 fully saturated rings. The number of aliphatic carboxylic acids is 1. The van der Waals surface area contributed by atoms with E-state index in [-0.39, 0.29) is 0 Å². The summed E-state index contributed by atoms with van der Waals surface area (Å²) in [4.78, 5) is 11.7. The van der Waals surface area contributed by atoms with Crippen LogP contribution in [-0.2, 0) is 10.2 Å². The van der Waals surface area contributed by atoms with Gasteiger partial charge in [-0.1, -0.05) is 24.3 Å². The predicted molar refractivity (Wildman–Crippen MR) is 65.0 cm³/mol. The van der Waals surface area contributed by atoms with E-state index in [4.69, 9.17) is 0 Å². The molecule has 1 aliphatic rings. The summed E-state index contributed by atoms with van der Waals surface area (Å²) < 4.78 is 0. The van der Waals surface area contributed by atoms with Gasteiger partial charge in [-0.25, -0.2) is 0 Å². The SMILES string of the molecule is Cc1ccccc1C1(C(=O)O)CCC(C)(O)C1. The molecular formula is C14H18O3. The standard InChI is InChI=1S/C14H18O3/c1-10-5-3-4-6-11(10)14(12(15)16)8-7-13(2,17)9-14/h3-6,17H,7-9H2,1-2H3,(H,15,16). The molecule has 1 aromatic rings. The minimum Gasteiger partial charge on any atom is -0.481 e. The summed E-state index contributed by atoms with van der Waals surface area (Å²) in [6.45, 7) is 3.64. The first kappa shape index (κ1) is 12.1. The number of benzene rings is 1. The maximum atomic E-state index is 11.7. The van der Waals surface area contributed by atoms with Crippen molar-refractivity contribution in [2.45, 2.75) is 44.1 Å². The molecule has 1 aliphatic carbocycles. The first-order chi connectivity index (χ1) is 7.87. The minimum atomic E-state index is -0.922. The zero-order valence-electron chi connectivity index (χ0n) is 10.2. The number of carboxylic acids is 1. The molecule has 2 unspecified atom stereocenters. The molecule has 0 bridgehead atoms. The summed E-state index contributed by atoms with van der Waals surface area (Å²) in [7, 11) is 0. The van der Waals surface area contributed by atoms with Crippen LogP contribution in [0.25, 0.3) is 0 Å². The Bertz CT molecular complexity index is 451. The molecule has 92 valence electrons. The first-order valence-electron chi connectivity index (χ1n) is 5.89. The number of carbonyl (C=O) groups is 1. The summed E-state index contributed by atoms with van der Waals surface area (Å²) in [6, 6.07) is 7.56. The van der Waals surface area contributed by atoms with Gasteiger partial charge >= 0.3 is 5.97 Å². The number of hydrogen-bond acceptors (Lipinski definition) is 2. The van der Waals surface area contributed by atoms with E-state index in [1.807, 2.05) is 31.2 Å². The molecule has 3 nitrogen and oxygen atoms in total. The highest BCUT2D eigenvalue weighted by atomic mass is 16.4. The second kappa shape index (κ2) is 3.84. The largest absolute Gasteiger partial charge is 0.481 e. The summed E-state index contributed by atoms with van der Waals surface area (Å²) in [5.41, 5.74) is 0.0214. The maximum absolute atomic E-state index is 11.7. The maximum Gasteiger partial charge on any atom is 0.314 e. The van der Waals surface area contributed by atoms with Crippen LogP contribution in [0.2, 0.25) is 0 Å².